The second-order valence-electron chi connectivity index (χ2n) is 8.45. The zero-order valence-corrected chi connectivity index (χ0v) is 18.5. The molecular weight excluding hydrogens is 424 g/mol. The van der Waals surface area contributed by atoms with E-state index in [1.165, 1.54) is 35.0 Å². The Bertz CT molecular complexity index is 1000. The van der Waals surface area contributed by atoms with Gasteiger partial charge in [-0.15, -0.1) is 5.06 Å². The normalized spacial score (nSPS) is 18.8. The van der Waals surface area contributed by atoms with Crippen LogP contribution in [0.4, 0.5) is 0 Å². The zero-order chi connectivity index (χ0) is 23.2. The molecule has 33 heavy (non-hydrogen) atoms. The highest BCUT2D eigenvalue weighted by molar-refractivity contribution is 6.02. The molecule has 9 heteroatoms. The van der Waals surface area contributed by atoms with E-state index in [0.717, 1.165) is 38.8 Å². The fourth-order valence-corrected chi connectivity index (χ4v) is 4.41. The molecule has 4 rings (SSSR count). The number of likely N-dealkylation sites (tertiary alicyclic amines) is 1. The van der Waals surface area contributed by atoms with Gasteiger partial charge in [0, 0.05) is 50.1 Å². The molecule has 4 heterocycles. The minimum atomic E-state index is -0.834. The molecule has 2 aliphatic heterocycles. The van der Waals surface area contributed by atoms with Gasteiger partial charge in [-0.1, -0.05) is 12.5 Å². The van der Waals surface area contributed by atoms with Gasteiger partial charge in [0.25, 0.3) is 11.8 Å². The highest BCUT2D eigenvalue weighted by Gasteiger charge is 2.33. The number of rotatable bonds is 9. The SMILES string of the molecule is O=C(ON1C(=O)CCC1=O)c1ccn(C(=O)CCCCCN2CCC[C@H]2c2cccnc2)c1. The van der Waals surface area contributed by atoms with Crippen LogP contribution in [0.1, 0.15) is 78.1 Å². The number of amides is 2. The van der Waals surface area contributed by atoms with Gasteiger partial charge in [-0.25, -0.2) is 4.79 Å². The number of carbonyl (C=O) groups excluding carboxylic acids is 4. The fourth-order valence-electron chi connectivity index (χ4n) is 4.41. The number of imide groups is 1. The summed E-state index contributed by atoms with van der Waals surface area (Å²) >= 11 is 0. The second-order valence-corrected chi connectivity index (χ2v) is 8.45. The van der Waals surface area contributed by atoms with E-state index in [1.54, 1.807) is 6.20 Å². The van der Waals surface area contributed by atoms with Gasteiger partial charge in [-0.3, -0.25) is 28.8 Å². The van der Waals surface area contributed by atoms with Crippen LogP contribution in [-0.4, -0.2) is 56.3 Å². The number of aromatic nitrogens is 2. The van der Waals surface area contributed by atoms with E-state index in [-0.39, 0.29) is 24.3 Å². The van der Waals surface area contributed by atoms with Crippen LogP contribution in [0.5, 0.6) is 0 Å². The Morgan fingerprint density at radius 1 is 1.09 bits per heavy atom. The van der Waals surface area contributed by atoms with E-state index in [9.17, 15) is 19.2 Å². The van der Waals surface area contributed by atoms with Crippen LogP contribution < -0.4 is 0 Å². The highest BCUT2D eigenvalue weighted by atomic mass is 16.7. The van der Waals surface area contributed by atoms with Crippen LogP contribution >= 0.6 is 0 Å². The minimum absolute atomic E-state index is 0.0352. The topological polar surface area (TPSA) is 102 Å². The van der Waals surface area contributed by atoms with Crippen LogP contribution in [0, 0.1) is 0 Å². The van der Waals surface area contributed by atoms with E-state index < -0.39 is 17.8 Å². The molecule has 174 valence electrons. The van der Waals surface area contributed by atoms with E-state index in [2.05, 4.69) is 16.0 Å². The molecule has 9 nitrogen and oxygen atoms in total. The van der Waals surface area contributed by atoms with Crippen molar-refractivity contribution in [2.24, 2.45) is 0 Å². The Hall–Kier alpha value is -3.33. The number of unbranched alkanes of at least 4 members (excludes halogenated alkanes) is 2. The number of hydroxylamine groups is 2. The van der Waals surface area contributed by atoms with Crippen molar-refractivity contribution >= 4 is 23.7 Å². The molecule has 0 aliphatic carbocycles. The average molecular weight is 453 g/mol. The third-order valence-corrected chi connectivity index (χ3v) is 6.17. The Kier molecular flexibility index (Phi) is 7.29. The predicted molar refractivity (Wildman–Crippen MR) is 118 cm³/mol. The molecule has 0 radical (unpaired) electrons. The quantitative estimate of drug-likeness (QED) is 0.425. The monoisotopic (exact) mass is 452 g/mol. The standard InChI is InChI=1S/C24H28N4O5/c29-21(27-15-11-19(17-27)24(32)33-28-22(30)9-10-23(28)31)8-2-1-3-13-26-14-5-7-20(26)18-6-4-12-25-16-18/h4,6,11-12,15-17,20H,1-3,5,7-10,13-14H2/t20-/m0/s1. The maximum atomic E-state index is 12.5. The Morgan fingerprint density at radius 2 is 1.91 bits per heavy atom. The smallest absolute Gasteiger partial charge is 0.325 e. The predicted octanol–water partition coefficient (Wildman–Crippen LogP) is 3.14. The average Bonchev–Trinajstić information content (AvgIpc) is 3.56. The largest absolute Gasteiger partial charge is 0.365 e. The van der Waals surface area contributed by atoms with Crippen molar-refractivity contribution in [2.75, 3.05) is 13.1 Å². The zero-order valence-electron chi connectivity index (χ0n) is 18.5. The molecule has 2 aromatic rings. The summed E-state index contributed by atoms with van der Waals surface area (Å²) in [6, 6.07) is 5.99. The summed E-state index contributed by atoms with van der Waals surface area (Å²) in [6.07, 6.45) is 12.1. The van der Waals surface area contributed by atoms with Gasteiger partial charge in [-0.05, 0) is 56.5 Å². The second kappa shape index (κ2) is 10.5. The molecule has 0 N–H and O–H groups in total. The Morgan fingerprint density at radius 3 is 2.67 bits per heavy atom. The lowest BCUT2D eigenvalue weighted by molar-refractivity contribution is -0.172. The summed E-state index contributed by atoms with van der Waals surface area (Å²) in [5, 5.41) is 0.501. The minimum Gasteiger partial charge on any atom is -0.325 e. The fraction of sp³-hybridized carbons (Fsp3) is 0.458. The van der Waals surface area contributed by atoms with Crippen LogP contribution in [0.25, 0.3) is 0 Å². The summed E-state index contributed by atoms with van der Waals surface area (Å²) in [7, 11) is 0. The lowest BCUT2D eigenvalue weighted by Gasteiger charge is -2.24. The molecule has 2 fully saturated rings. The molecule has 0 spiro atoms. The summed E-state index contributed by atoms with van der Waals surface area (Å²) in [5.41, 5.74) is 1.39. The first kappa shape index (κ1) is 22.8. The van der Waals surface area contributed by atoms with Crippen molar-refractivity contribution in [3.63, 3.8) is 0 Å². The van der Waals surface area contributed by atoms with Crippen molar-refractivity contribution in [3.8, 4) is 0 Å². The number of carbonyl (C=O) groups is 4. The molecule has 2 amide bonds. The van der Waals surface area contributed by atoms with Gasteiger partial charge in [-0.2, -0.15) is 0 Å². The molecule has 2 aliphatic rings. The molecule has 0 bridgehead atoms. The van der Waals surface area contributed by atoms with Gasteiger partial charge in [0.1, 0.15) is 0 Å². The van der Waals surface area contributed by atoms with Crippen molar-refractivity contribution in [2.45, 2.75) is 57.4 Å². The first-order valence-corrected chi connectivity index (χ1v) is 11.5. The Labute approximate surface area is 192 Å². The molecular formula is C24H28N4O5. The van der Waals surface area contributed by atoms with Crippen LogP contribution in [0.3, 0.4) is 0 Å². The van der Waals surface area contributed by atoms with Crippen molar-refractivity contribution < 1.29 is 24.0 Å². The molecule has 0 saturated carbocycles. The van der Waals surface area contributed by atoms with Gasteiger partial charge >= 0.3 is 5.97 Å². The third kappa shape index (κ3) is 5.54. The van der Waals surface area contributed by atoms with E-state index in [0.29, 0.717) is 17.5 Å². The molecule has 0 unspecified atom stereocenters. The first-order valence-electron chi connectivity index (χ1n) is 11.5. The third-order valence-electron chi connectivity index (χ3n) is 6.17. The molecule has 1 atom stereocenters. The van der Waals surface area contributed by atoms with Gasteiger partial charge in [0.15, 0.2) is 0 Å². The van der Waals surface area contributed by atoms with Gasteiger partial charge < -0.3 is 4.84 Å². The highest BCUT2D eigenvalue weighted by Crippen LogP contribution is 2.31. The first-order chi connectivity index (χ1) is 16.0. The van der Waals surface area contributed by atoms with Crippen molar-refractivity contribution in [1.82, 2.24) is 19.5 Å². The maximum Gasteiger partial charge on any atom is 0.365 e. The van der Waals surface area contributed by atoms with Crippen molar-refractivity contribution in [1.29, 1.82) is 0 Å². The van der Waals surface area contributed by atoms with Crippen LogP contribution in [-0.2, 0) is 14.4 Å². The van der Waals surface area contributed by atoms with E-state index in [4.69, 9.17) is 4.84 Å². The lowest BCUT2D eigenvalue weighted by atomic mass is 10.1. The number of nitrogens with zero attached hydrogens (tertiary/aromatic N) is 4. The van der Waals surface area contributed by atoms with Gasteiger partial charge in [0.2, 0.25) is 5.91 Å². The number of hydrogen-bond donors (Lipinski definition) is 0. The summed E-state index contributed by atoms with van der Waals surface area (Å²) in [5.74, 6) is -2.02. The van der Waals surface area contributed by atoms with Gasteiger partial charge in [0.05, 0.1) is 5.56 Å². The lowest BCUT2D eigenvalue weighted by Crippen LogP contribution is -2.31. The summed E-state index contributed by atoms with van der Waals surface area (Å²) in [4.78, 5) is 59.4. The van der Waals surface area contributed by atoms with Crippen LogP contribution in [0.15, 0.2) is 43.0 Å². The molecule has 0 aromatic carbocycles. The molecule has 2 aromatic heterocycles. The summed E-state index contributed by atoms with van der Waals surface area (Å²) in [6.45, 7) is 2.09. The van der Waals surface area contributed by atoms with Crippen molar-refractivity contribution in [3.05, 3.63) is 54.1 Å². The Balaban J connectivity index is 1.18. The van der Waals surface area contributed by atoms with E-state index in [1.807, 2.05) is 12.3 Å². The van der Waals surface area contributed by atoms with E-state index >= 15 is 0 Å². The number of pyridine rings is 1. The number of hydrogen-bond acceptors (Lipinski definition) is 7. The maximum absolute atomic E-state index is 12.5. The molecule has 2 saturated heterocycles. The van der Waals surface area contributed by atoms with Crippen LogP contribution in [0.2, 0.25) is 0 Å². The summed E-state index contributed by atoms with van der Waals surface area (Å²) < 4.78 is 1.35.